The van der Waals surface area contributed by atoms with Crippen LogP contribution in [0.25, 0.3) is 11.1 Å². The molecule has 7 rings (SSSR count). The van der Waals surface area contributed by atoms with Gasteiger partial charge in [-0.15, -0.1) is 11.8 Å². The van der Waals surface area contributed by atoms with Crippen LogP contribution >= 0.6 is 30.9 Å². The van der Waals surface area contributed by atoms with E-state index < -0.39 is 18.4 Å². The van der Waals surface area contributed by atoms with Crippen molar-refractivity contribution >= 4 is 59.2 Å². The number of anilines is 2. The van der Waals surface area contributed by atoms with Crippen molar-refractivity contribution in [1.82, 2.24) is 14.9 Å². The van der Waals surface area contributed by atoms with Gasteiger partial charge in [0.2, 0.25) is 0 Å². The van der Waals surface area contributed by atoms with Crippen molar-refractivity contribution in [3.05, 3.63) is 148 Å². The normalized spacial score (nSPS) is 16.4. The van der Waals surface area contributed by atoms with Gasteiger partial charge < -0.3 is 19.5 Å². The lowest BCUT2D eigenvalue weighted by molar-refractivity contribution is -0.383. The highest BCUT2D eigenvalue weighted by Crippen LogP contribution is 2.43. The molecule has 0 saturated carbocycles. The van der Waals surface area contributed by atoms with Crippen molar-refractivity contribution in [2.45, 2.75) is 30.8 Å². The van der Waals surface area contributed by atoms with Gasteiger partial charge in [-0.2, -0.15) is 0 Å². The van der Waals surface area contributed by atoms with E-state index in [0.717, 1.165) is 74.9 Å². The van der Waals surface area contributed by atoms with E-state index in [9.17, 15) is 19.5 Å². The molecule has 2 fully saturated rings. The minimum Gasteiger partial charge on any atom is -0.379 e. The number of benzene rings is 5. The smallest absolute Gasteiger partial charge is 0.326 e. The maximum Gasteiger partial charge on any atom is 0.326 e. The van der Waals surface area contributed by atoms with Crippen LogP contribution in [0.1, 0.15) is 29.3 Å². The minimum absolute atomic E-state index is 0.0172. The lowest BCUT2D eigenvalue weighted by atomic mass is 9.99. The molecule has 0 spiro atoms. The van der Waals surface area contributed by atoms with Crippen molar-refractivity contribution < 1.29 is 23.5 Å². The van der Waals surface area contributed by atoms with Gasteiger partial charge in [-0.05, 0) is 90.7 Å². The molecule has 2 saturated heterocycles. The highest BCUT2D eigenvalue weighted by molar-refractivity contribution is 7.99. The maximum atomic E-state index is 14.4. The molecule has 2 aliphatic rings. The van der Waals surface area contributed by atoms with Gasteiger partial charge in [0, 0.05) is 91.4 Å². The van der Waals surface area contributed by atoms with E-state index in [2.05, 4.69) is 61.5 Å². The van der Waals surface area contributed by atoms with Crippen LogP contribution in [0.2, 0.25) is 5.02 Å². The Hall–Kier alpha value is -4.72. The first-order valence-corrected chi connectivity index (χ1v) is 23.7. The molecule has 2 atom stereocenters. The van der Waals surface area contributed by atoms with Crippen molar-refractivity contribution in [3.63, 3.8) is 0 Å². The van der Waals surface area contributed by atoms with E-state index in [0.29, 0.717) is 35.2 Å². The molecular weight excluding hydrogens is 831 g/mol. The number of hydrogen-bond acceptors (Lipinski definition) is 11. The van der Waals surface area contributed by atoms with E-state index in [1.807, 2.05) is 54.6 Å². The monoisotopic (exact) mass is 882 g/mol. The fourth-order valence-corrected chi connectivity index (χ4v) is 10.4. The van der Waals surface area contributed by atoms with Crippen molar-refractivity contribution in [3.8, 4) is 11.1 Å². The first kappa shape index (κ1) is 44.3. The Kier molecular flexibility index (Phi) is 15.5. The summed E-state index contributed by atoms with van der Waals surface area (Å²) in [5, 5.41) is 19.3. The number of thioether (sulfide) groups is 1. The average molecular weight is 883 g/mol. The first-order chi connectivity index (χ1) is 29.7. The molecule has 2 N–H and O–H groups in total. The van der Waals surface area contributed by atoms with Crippen LogP contribution in [0, 0.1) is 10.1 Å². The number of ether oxygens (including phenoxy) is 1. The second-order valence-electron chi connectivity index (χ2n) is 15.1. The van der Waals surface area contributed by atoms with Gasteiger partial charge in [0.05, 0.1) is 30.0 Å². The summed E-state index contributed by atoms with van der Waals surface area (Å²) in [6.07, 6.45) is 0.752. The summed E-state index contributed by atoms with van der Waals surface area (Å²) < 4.78 is 25.6. The Bertz CT molecular complexity index is 2280. The summed E-state index contributed by atoms with van der Waals surface area (Å²) >= 11 is 7.82. The Balaban J connectivity index is 0.988. The van der Waals surface area contributed by atoms with Crippen LogP contribution in [0.15, 0.2) is 126 Å². The molecule has 2 aliphatic heterocycles. The number of nitrogens with zero attached hydrogens (tertiary/aromatic N) is 4. The zero-order valence-corrected chi connectivity index (χ0v) is 36.8. The third-order valence-electron chi connectivity index (χ3n) is 11.0. The van der Waals surface area contributed by atoms with Gasteiger partial charge in [-0.3, -0.25) is 34.4 Å². The largest absolute Gasteiger partial charge is 0.379 e. The highest BCUT2D eigenvalue weighted by Gasteiger charge is 2.32. The van der Waals surface area contributed by atoms with Crippen LogP contribution in [-0.2, 0) is 20.4 Å². The number of carbonyl (C=O) groups is 1. The molecule has 1 amide bonds. The standard InChI is InChI=1S/C46H52ClN6O6PS/c1-2-59-60(57,41-20-21-44(45(32-41)53(55)56)48-39(22-23-50-28-30-58-31-29-50)34-61-42-9-4-3-5-10-42)49-46(54)36-14-18-40(19-15-36)52-26-24-51(25-27-52)33-37-8-6-7-11-43(37)35-12-16-38(47)17-13-35/h3-21,32,39,48H,2,22-31,33-34H2,1H3,(H,49,54,57)/t39-,60-/m1/s1. The molecule has 5 aromatic rings. The number of nitro groups is 1. The number of nitrogens with one attached hydrogen (secondary N) is 2. The van der Waals surface area contributed by atoms with E-state index in [4.69, 9.17) is 20.9 Å². The van der Waals surface area contributed by atoms with Crippen LogP contribution in [0.3, 0.4) is 0 Å². The number of hydrogen-bond donors (Lipinski definition) is 2. The SMILES string of the molecule is CCO[P@@](=O)(NC(=O)c1ccc(N2CCN(Cc3ccccc3-c3ccc(Cl)cc3)CC2)cc1)c1ccc(N[C@H](CCN2CCOCC2)CSc2ccccc2)c([N+](=O)[O-])c1. The molecule has 2 heterocycles. The van der Waals surface area contributed by atoms with Crippen molar-refractivity contribution in [2.24, 2.45) is 0 Å². The Morgan fingerprint density at radius 2 is 1.59 bits per heavy atom. The van der Waals surface area contributed by atoms with Crippen LogP contribution in [0.4, 0.5) is 17.1 Å². The third kappa shape index (κ3) is 12.0. The van der Waals surface area contributed by atoms with Gasteiger partial charge in [0.1, 0.15) is 5.69 Å². The van der Waals surface area contributed by atoms with Crippen LogP contribution < -0.4 is 20.6 Å². The Morgan fingerprint density at radius 3 is 2.30 bits per heavy atom. The fourth-order valence-electron chi connectivity index (χ4n) is 7.62. The third-order valence-corrected chi connectivity index (χ3v) is 14.5. The summed E-state index contributed by atoms with van der Waals surface area (Å²) in [6.45, 7) is 9.77. The van der Waals surface area contributed by atoms with Gasteiger partial charge >= 0.3 is 7.52 Å². The summed E-state index contributed by atoms with van der Waals surface area (Å²) in [5.74, 6) is 0.0786. The van der Waals surface area contributed by atoms with Gasteiger partial charge in [0.25, 0.3) is 11.6 Å². The predicted molar refractivity (Wildman–Crippen MR) is 247 cm³/mol. The summed E-state index contributed by atoms with van der Waals surface area (Å²) in [4.78, 5) is 33.8. The van der Waals surface area contributed by atoms with Crippen molar-refractivity contribution in [2.75, 3.05) is 81.6 Å². The number of amides is 1. The van der Waals surface area contributed by atoms with Crippen LogP contribution in [-0.4, -0.2) is 98.1 Å². The number of piperazine rings is 1. The topological polar surface area (TPSA) is 130 Å². The minimum atomic E-state index is -4.07. The van der Waals surface area contributed by atoms with Crippen molar-refractivity contribution in [1.29, 1.82) is 0 Å². The van der Waals surface area contributed by atoms with E-state index >= 15 is 0 Å². The molecule has 0 bridgehead atoms. The first-order valence-electron chi connectivity index (χ1n) is 20.7. The number of carbonyl (C=O) groups excluding carboxylic acids is 1. The molecule has 0 aliphatic carbocycles. The molecule has 12 nitrogen and oxygen atoms in total. The molecule has 320 valence electrons. The molecule has 15 heteroatoms. The second-order valence-corrected chi connectivity index (χ2v) is 18.7. The number of halogens is 1. The highest BCUT2D eigenvalue weighted by atomic mass is 35.5. The van der Waals surface area contributed by atoms with E-state index in [1.54, 1.807) is 36.9 Å². The number of rotatable bonds is 18. The molecule has 0 aromatic heterocycles. The zero-order valence-electron chi connectivity index (χ0n) is 34.3. The molecular formula is C46H52ClN6O6PS. The number of morpholine rings is 1. The zero-order chi connectivity index (χ0) is 42.6. The predicted octanol–water partition coefficient (Wildman–Crippen LogP) is 8.82. The summed E-state index contributed by atoms with van der Waals surface area (Å²) in [5.41, 5.74) is 4.94. The van der Waals surface area contributed by atoms with Gasteiger partial charge in [0.15, 0.2) is 0 Å². The lowest BCUT2D eigenvalue weighted by Crippen LogP contribution is -2.46. The van der Waals surface area contributed by atoms with Gasteiger partial charge in [-0.1, -0.05) is 66.2 Å². The quantitative estimate of drug-likeness (QED) is 0.0379. The Morgan fingerprint density at radius 1 is 0.885 bits per heavy atom. The Labute approximate surface area is 367 Å². The van der Waals surface area contributed by atoms with E-state index in [-0.39, 0.29) is 23.6 Å². The number of nitro benzene ring substituents is 1. The molecule has 5 aromatic carbocycles. The molecule has 0 unspecified atom stereocenters. The summed E-state index contributed by atoms with van der Waals surface area (Å²) in [6, 6.07) is 37.9. The molecule has 0 radical (unpaired) electrons. The lowest BCUT2D eigenvalue weighted by Gasteiger charge is -2.36. The second kappa shape index (κ2) is 21.4. The van der Waals surface area contributed by atoms with Gasteiger partial charge in [-0.25, -0.2) is 0 Å². The van der Waals surface area contributed by atoms with E-state index in [1.165, 1.54) is 23.3 Å². The fraction of sp³-hybridized carbons (Fsp3) is 0.326. The molecule has 61 heavy (non-hydrogen) atoms. The van der Waals surface area contributed by atoms with Crippen LogP contribution in [0.5, 0.6) is 0 Å². The maximum absolute atomic E-state index is 14.4. The average Bonchev–Trinajstić information content (AvgIpc) is 3.29. The summed E-state index contributed by atoms with van der Waals surface area (Å²) in [7, 11) is -4.07.